The van der Waals surface area contributed by atoms with Gasteiger partial charge in [0, 0.05) is 24.9 Å². The van der Waals surface area contributed by atoms with Crippen molar-refractivity contribution in [2.45, 2.75) is 24.9 Å². The minimum atomic E-state index is 0.000605. The van der Waals surface area contributed by atoms with E-state index in [4.69, 9.17) is 0 Å². The highest BCUT2D eigenvalue weighted by Gasteiger charge is 2.33. The Hall–Kier alpha value is -2.33. The first kappa shape index (κ1) is 14.6. The summed E-state index contributed by atoms with van der Waals surface area (Å²) in [5.41, 5.74) is 2.05. The Morgan fingerprint density at radius 2 is 1.18 bits per heavy atom. The number of phenolic OH excluding ortho intramolecular Hbond substituents is 2. The maximum absolute atomic E-state index is 12.2. The van der Waals surface area contributed by atoms with Crippen LogP contribution in [0.25, 0.3) is 0 Å². The summed E-state index contributed by atoms with van der Waals surface area (Å²) >= 11 is 0. The van der Waals surface area contributed by atoms with E-state index in [1.54, 1.807) is 24.3 Å². The van der Waals surface area contributed by atoms with Crippen LogP contribution >= 0.6 is 0 Å². The second kappa shape index (κ2) is 5.81. The number of nitrogens with zero attached hydrogens (tertiary/aromatic N) is 1. The molecular formula is C18H19NO3. The van der Waals surface area contributed by atoms with Crippen LogP contribution in [0.4, 0.5) is 0 Å². The summed E-state index contributed by atoms with van der Waals surface area (Å²) in [7, 11) is 2.02. The molecule has 0 amide bonds. The predicted octanol–water partition coefficient (Wildman–Crippen LogP) is 3.17. The molecule has 1 aliphatic heterocycles. The molecule has 0 saturated carbocycles. The maximum Gasteiger partial charge on any atom is 0.136 e. The average Bonchev–Trinajstić information content (AvgIpc) is 2.51. The molecule has 4 heteroatoms. The summed E-state index contributed by atoms with van der Waals surface area (Å²) in [6.07, 6.45) is 0.964. The topological polar surface area (TPSA) is 60.8 Å². The van der Waals surface area contributed by atoms with Crippen LogP contribution in [0, 0.1) is 0 Å². The molecule has 22 heavy (non-hydrogen) atoms. The SMILES string of the molecule is CN1C(c2ccc(O)cc2)CC(=O)CC1c1ccc(O)cc1. The van der Waals surface area contributed by atoms with Gasteiger partial charge >= 0.3 is 0 Å². The van der Waals surface area contributed by atoms with Crippen molar-refractivity contribution in [3.05, 3.63) is 59.7 Å². The zero-order valence-electron chi connectivity index (χ0n) is 12.4. The zero-order valence-corrected chi connectivity index (χ0v) is 12.4. The summed E-state index contributed by atoms with van der Waals surface area (Å²) < 4.78 is 0. The van der Waals surface area contributed by atoms with Crippen molar-refractivity contribution in [1.29, 1.82) is 0 Å². The van der Waals surface area contributed by atoms with E-state index in [1.165, 1.54) is 0 Å². The van der Waals surface area contributed by atoms with Gasteiger partial charge in [-0.15, -0.1) is 0 Å². The highest BCUT2D eigenvalue weighted by atomic mass is 16.3. The van der Waals surface area contributed by atoms with E-state index >= 15 is 0 Å². The van der Waals surface area contributed by atoms with Crippen molar-refractivity contribution in [1.82, 2.24) is 4.90 Å². The Kier molecular flexibility index (Phi) is 3.86. The van der Waals surface area contributed by atoms with Gasteiger partial charge in [0.25, 0.3) is 0 Å². The number of rotatable bonds is 2. The van der Waals surface area contributed by atoms with Crippen LogP contribution in [0.15, 0.2) is 48.5 Å². The van der Waals surface area contributed by atoms with Crippen LogP contribution in [0.1, 0.15) is 36.1 Å². The molecule has 2 aromatic rings. The minimum absolute atomic E-state index is 0.000605. The van der Waals surface area contributed by atoms with Gasteiger partial charge in [-0.3, -0.25) is 9.69 Å². The molecule has 0 aromatic heterocycles. The van der Waals surface area contributed by atoms with E-state index in [2.05, 4.69) is 4.90 Å². The molecule has 1 fully saturated rings. The van der Waals surface area contributed by atoms with E-state index in [0.717, 1.165) is 11.1 Å². The van der Waals surface area contributed by atoms with Gasteiger partial charge in [-0.05, 0) is 42.4 Å². The van der Waals surface area contributed by atoms with Crippen LogP contribution < -0.4 is 0 Å². The van der Waals surface area contributed by atoms with Crippen molar-refractivity contribution in [2.75, 3.05) is 7.05 Å². The third-order valence-electron chi connectivity index (χ3n) is 4.38. The molecule has 0 radical (unpaired) electrons. The number of hydrogen-bond donors (Lipinski definition) is 2. The first-order chi connectivity index (χ1) is 10.5. The van der Waals surface area contributed by atoms with Gasteiger partial charge in [0.05, 0.1) is 0 Å². The van der Waals surface area contributed by atoms with Crippen LogP contribution in [0.3, 0.4) is 0 Å². The summed E-state index contributed by atoms with van der Waals surface area (Å²) in [6.45, 7) is 0. The standard InChI is InChI=1S/C18H19NO3/c1-19-17(12-2-6-14(20)7-3-12)10-16(22)11-18(19)13-4-8-15(21)9-5-13/h2-9,17-18,20-21H,10-11H2,1H3. The van der Waals surface area contributed by atoms with Gasteiger partial charge < -0.3 is 10.2 Å². The second-order valence-electron chi connectivity index (χ2n) is 5.83. The third-order valence-corrected chi connectivity index (χ3v) is 4.38. The minimum Gasteiger partial charge on any atom is -0.508 e. The molecule has 1 aliphatic rings. The molecule has 2 N–H and O–H groups in total. The van der Waals surface area contributed by atoms with Crippen LogP contribution in [-0.2, 0) is 4.79 Å². The summed E-state index contributed by atoms with van der Waals surface area (Å²) in [5.74, 6) is 0.682. The number of carbonyl (C=O) groups excluding carboxylic acids is 1. The first-order valence-electron chi connectivity index (χ1n) is 7.36. The van der Waals surface area contributed by atoms with Crippen molar-refractivity contribution in [3.63, 3.8) is 0 Å². The van der Waals surface area contributed by atoms with E-state index in [-0.39, 0.29) is 29.4 Å². The van der Waals surface area contributed by atoms with Crippen molar-refractivity contribution < 1.29 is 15.0 Å². The fraction of sp³-hybridized carbons (Fsp3) is 0.278. The summed E-state index contributed by atoms with van der Waals surface area (Å²) in [5, 5.41) is 18.8. The molecule has 4 nitrogen and oxygen atoms in total. The number of phenols is 2. The van der Waals surface area contributed by atoms with Gasteiger partial charge in [-0.25, -0.2) is 0 Å². The molecule has 1 heterocycles. The molecule has 0 aliphatic carbocycles. The Morgan fingerprint density at radius 3 is 1.55 bits per heavy atom. The lowest BCUT2D eigenvalue weighted by Gasteiger charge is -2.39. The fourth-order valence-electron chi connectivity index (χ4n) is 3.12. The van der Waals surface area contributed by atoms with Crippen molar-refractivity contribution in [2.24, 2.45) is 0 Å². The van der Waals surface area contributed by atoms with Gasteiger partial charge in [-0.1, -0.05) is 24.3 Å². The molecule has 2 atom stereocenters. The number of piperidine rings is 1. The molecule has 1 saturated heterocycles. The van der Waals surface area contributed by atoms with Gasteiger partial charge in [0.15, 0.2) is 0 Å². The van der Waals surface area contributed by atoms with E-state index in [0.29, 0.717) is 12.8 Å². The van der Waals surface area contributed by atoms with Crippen LogP contribution in [0.5, 0.6) is 11.5 Å². The Morgan fingerprint density at radius 1 is 0.818 bits per heavy atom. The summed E-state index contributed by atoms with van der Waals surface area (Å²) in [6, 6.07) is 14.1. The van der Waals surface area contributed by atoms with E-state index in [1.807, 2.05) is 31.3 Å². The molecule has 3 rings (SSSR count). The number of likely N-dealkylation sites (tertiary alicyclic amines) is 1. The predicted molar refractivity (Wildman–Crippen MR) is 83.7 cm³/mol. The average molecular weight is 297 g/mol. The number of ketones is 1. The number of hydrogen-bond acceptors (Lipinski definition) is 4. The van der Waals surface area contributed by atoms with Crippen molar-refractivity contribution >= 4 is 5.78 Å². The molecule has 0 bridgehead atoms. The molecule has 2 aromatic carbocycles. The lowest BCUT2D eigenvalue weighted by atomic mass is 9.87. The third kappa shape index (κ3) is 2.83. The maximum atomic E-state index is 12.2. The Balaban J connectivity index is 1.91. The zero-order chi connectivity index (χ0) is 15.7. The lowest BCUT2D eigenvalue weighted by molar-refractivity contribution is -0.125. The quantitative estimate of drug-likeness (QED) is 0.894. The number of Topliss-reactive ketones (excluding diaryl/α,β-unsaturated/α-hetero) is 1. The van der Waals surface area contributed by atoms with E-state index < -0.39 is 0 Å². The lowest BCUT2D eigenvalue weighted by Crippen LogP contribution is -2.37. The van der Waals surface area contributed by atoms with Crippen molar-refractivity contribution in [3.8, 4) is 11.5 Å². The molecule has 0 spiro atoms. The number of aromatic hydroxyl groups is 2. The van der Waals surface area contributed by atoms with Crippen LogP contribution in [0.2, 0.25) is 0 Å². The Labute approximate surface area is 129 Å². The highest BCUT2D eigenvalue weighted by Crippen LogP contribution is 2.39. The normalized spacial score (nSPS) is 22.7. The highest BCUT2D eigenvalue weighted by molar-refractivity contribution is 5.81. The van der Waals surface area contributed by atoms with E-state index in [9.17, 15) is 15.0 Å². The fourth-order valence-corrected chi connectivity index (χ4v) is 3.12. The smallest absolute Gasteiger partial charge is 0.136 e. The molecule has 114 valence electrons. The monoisotopic (exact) mass is 297 g/mol. The van der Waals surface area contributed by atoms with Gasteiger partial charge in [0.2, 0.25) is 0 Å². The number of benzene rings is 2. The Bertz CT molecular complexity index is 606. The summed E-state index contributed by atoms with van der Waals surface area (Å²) in [4.78, 5) is 14.4. The largest absolute Gasteiger partial charge is 0.508 e. The van der Waals surface area contributed by atoms with Gasteiger partial charge in [0.1, 0.15) is 17.3 Å². The second-order valence-corrected chi connectivity index (χ2v) is 5.83. The number of carbonyl (C=O) groups is 1. The first-order valence-corrected chi connectivity index (χ1v) is 7.36. The molecular weight excluding hydrogens is 278 g/mol. The van der Waals surface area contributed by atoms with Crippen LogP contribution in [-0.4, -0.2) is 27.9 Å². The molecule has 2 unspecified atom stereocenters. The van der Waals surface area contributed by atoms with Gasteiger partial charge in [-0.2, -0.15) is 0 Å².